The number of hydrogen-bond acceptors (Lipinski definition) is 7. The predicted octanol–water partition coefficient (Wildman–Crippen LogP) is 2.57. The summed E-state index contributed by atoms with van der Waals surface area (Å²) in [7, 11) is 1.55. The molecule has 1 saturated heterocycles. The third-order valence-electron chi connectivity index (χ3n) is 5.55. The van der Waals surface area contributed by atoms with Crippen LogP contribution in [0.5, 0.6) is 5.75 Å². The fourth-order valence-electron chi connectivity index (χ4n) is 3.65. The van der Waals surface area contributed by atoms with Gasteiger partial charge in [-0.15, -0.1) is 0 Å². The van der Waals surface area contributed by atoms with Gasteiger partial charge >= 0.3 is 5.97 Å². The number of benzene rings is 2. The van der Waals surface area contributed by atoms with Gasteiger partial charge in [-0.1, -0.05) is 0 Å². The summed E-state index contributed by atoms with van der Waals surface area (Å²) in [5.74, 6) is -1.34. The van der Waals surface area contributed by atoms with Crippen LogP contribution in [-0.2, 0) is 14.4 Å². The molecular formula is C25H29N5O5. The summed E-state index contributed by atoms with van der Waals surface area (Å²) >= 11 is 0. The first-order chi connectivity index (χ1) is 16.8. The topological polar surface area (TPSA) is 160 Å². The number of anilines is 2. The quantitative estimate of drug-likeness (QED) is 0.301. The van der Waals surface area contributed by atoms with E-state index >= 15 is 0 Å². The predicted molar refractivity (Wildman–Crippen MR) is 134 cm³/mol. The van der Waals surface area contributed by atoms with Crippen molar-refractivity contribution in [2.45, 2.75) is 25.7 Å². The number of nitrogens with zero attached hydrogens (tertiary/aromatic N) is 2. The molecule has 2 aromatic rings. The standard InChI is InChI=1S/C25H29N5O5/c1-35-19-11-7-17(8-12-19)29-23-20(22(26)24(27)33)13-15-30(25(23)34)18-9-5-16(6-10-18)28-14-3-2-4-21(31)32/h5-12,28H,2-4,13-15,26H2,1H3,(H2,27,33)(H,31,32). The number of piperidine rings is 1. The Morgan fingerprint density at radius 2 is 1.77 bits per heavy atom. The van der Waals surface area contributed by atoms with E-state index in [1.54, 1.807) is 36.3 Å². The van der Waals surface area contributed by atoms with Crippen LogP contribution < -0.4 is 26.4 Å². The SMILES string of the molecule is COc1ccc(N=C2C(=O)N(c3ccc(NCCCCC(=O)O)cc3)CCC2=C(N)C(N)=O)cc1. The molecule has 3 rings (SSSR count). The first kappa shape index (κ1) is 25.3. The first-order valence-corrected chi connectivity index (χ1v) is 11.2. The van der Waals surface area contributed by atoms with Gasteiger partial charge in [-0.3, -0.25) is 14.4 Å². The third-order valence-corrected chi connectivity index (χ3v) is 5.55. The lowest BCUT2D eigenvalue weighted by atomic mass is 9.97. The fraction of sp³-hybridized carbons (Fsp3) is 0.280. The van der Waals surface area contributed by atoms with Gasteiger partial charge in [0.25, 0.3) is 11.8 Å². The number of hydrogen-bond donors (Lipinski definition) is 4. The van der Waals surface area contributed by atoms with Gasteiger partial charge in [-0.05, 0) is 67.8 Å². The number of nitrogens with one attached hydrogen (secondary N) is 1. The second kappa shape index (κ2) is 11.7. The molecule has 1 heterocycles. The molecule has 35 heavy (non-hydrogen) atoms. The van der Waals surface area contributed by atoms with Crippen LogP contribution in [0, 0.1) is 0 Å². The van der Waals surface area contributed by atoms with Gasteiger partial charge in [0, 0.05) is 36.5 Å². The highest BCUT2D eigenvalue weighted by molar-refractivity contribution is 6.51. The molecule has 0 radical (unpaired) electrons. The molecular weight excluding hydrogens is 450 g/mol. The van der Waals surface area contributed by atoms with Crippen LogP contribution in [0.3, 0.4) is 0 Å². The van der Waals surface area contributed by atoms with E-state index in [1.165, 1.54) is 0 Å². The van der Waals surface area contributed by atoms with Crippen molar-refractivity contribution in [3.63, 3.8) is 0 Å². The lowest BCUT2D eigenvalue weighted by Crippen LogP contribution is -2.44. The number of carbonyl (C=O) groups is 3. The number of amides is 2. The minimum atomic E-state index is -0.803. The summed E-state index contributed by atoms with van der Waals surface area (Å²) in [5, 5.41) is 11.9. The number of aliphatic imine (C=N–C) groups is 1. The molecule has 10 nitrogen and oxygen atoms in total. The Balaban J connectivity index is 1.80. The number of carboxylic acid groups (broad SMARTS) is 1. The number of ether oxygens (including phenoxy) is 1. The van der Waals surface area contributed by atoms with E-state index in [0.29, 0.717) is 48.6 Å². The largest absolute Gasteiger partial charge is 0.497 e. The lowest BCUT2D eigenvalue weighted by Gasteiger charge is -2.30. The molecule has 0 unspecified atom stereocenters. The second-order valence-electron chi connectivity index (χ2n) is 7.95. The highest BCUT2D eigenvalue weighted by Gasteiger charge is 2.32. The molecule has 0 aromatic heterocycles. The van der Waals surface area contributed by atoms with Crippen LogP contribution in [-0.4, -0.2) is 48.8 Å². The number of unbranched alkanes of at least 4 members (excludes halogenated alkanes) is 1. The van der Waals surface area contributed by atoms with Crippen molar-refractivity contribution < 1.29 is 24.2 Å². The van der Waals surface area contributed by atoms with Crippen molar-refractivity contribution in [1.29, 1.82) is 0 Å². The Morgan fingerprint density at radius 1 is 1.09 bits per heavy atom. The summed E-state index contributed by atoms with van der Waals surface area (Å²) in [4.78, 5) is 41.8. The number of nitrogens with two attached hydrogens (primary N) is 2. The Kier molecular flexibility index (Phi) is 8.44. The summed E-state index contributed by atoms with van der Waals surface area (Å²) in [6.07, 6.45) is 1.80. The average Bonchev–Trinajstić information content (AvgIpc) is 2.85. The van der Waals surface area contributed by atoms with E-state index in [1.807, 2.05) is 24.3 Å². The highest BCUT2D eigenvalue weighted by atomic mass is 16.5. The van der Waals surface area contributed by atoms with Crippen molar-refractivity contribution in [1.82, 2.24) is 0 Å². The van der Waals surface area contributed by atoms with E-state index in [0.717, 1.165) is 12.1 Å². The molecule has 0 bridgehead atoms. The number of carboxylic acids is 1. The number of primary amides is 1. The summed E-state index contributed by atoms with van der Waals surface area (Å²) in [6, 6.07) is 14.2. The molecule has 0 saturated carbocycles. The Bertz CT molecular complexity index is 1140. The molecule has 1 aliphatic heterocycles. The number of methoxy groups -OCH3 is 1. The van der Waals surface area contributed by atoms with Crippen LogP contribution in [0.1, 0.15) is 25.7 Å². The van der Waals surface area contributed by atoms with E-state index < -0.39 is 11.9 Å². The van der Waals surface area contributed by atoms with E-state index in [2.05, 4.69) is 10.3 Å². The minimum absolute atomic E-state index is 0.0679. The average molecular weight is 480 g/mol. The first-order valence-electron chi connectivity index (χ1n) is 11.2. The molecule has 1 aliphatic rings. The maximum Gasteiger partial charge on any atom is 0.303 e. The lowest BCUT2D eigenvalue weighted by molar-refractivity contribution is -0.137. The van der Waals surface area contributed by atoms with Gasteiger partial charge < -0.3 is 31.5 Å². The van der Waals surface area contributed by atoms with Gasteiger partial charge in [-0.25, -0.2) is 4.99 Å². The molecule has 0 aliphatic carbocycles. The summed E-state index contributed by atoms with van der Waals surface area (Å²) < 4.78 is 5.16. The van der Waals surface area contributed by atoms with Gasteiger partial charge in [0.05, 0.1) is 12.8 Å². The molecule has 184 valence electrons. The molecule has 2 aromatic carbocycles. The molecule has 10 heteroatoms. The van der Waals surface area contributed by atoms with Crippen LogP contribution in [0.15, 0.2) is 64.8 Å². The molecule has 2 amide bonds. The van der Waals surface area contributed by atoms with Crippen LogP contribution in [0.2, 0.25) is 0 Å². The van der Waals surface area contributed by atoms with Crippen molar-refractivity contribution in [3.05, 3.63) is 59.8 Å². The monoisotopic (exact) mass is 479 g/mol. The molecule has 1 fully saturated rings. The van der Waals surface area contributed by atoms with Crippen molar-refractivity contribution in [2.24, 2.45) is 16.5 Å². The normalized spacial score (nSPS) is 16.2. The Hall–Kier alpha value is -4.34. The minimum Gasteiger partial charge on any atom is -0.497 e. The summed E-state index contributed by atoms with van der Waals surface area (Å²) in [5.41, 5.74) is 13.6. The maximum atomic E-state index is 13.4. The van der Waals surface area contributed by atoms with Gasteiger partial charge in [-0.2, -0.15) is 0 Å². The van der Waals surface area contributed by atoms with Gasteiger partial charge in [0.2, 0.25) is 0 Å². The van der Waals surface area contributed by atoms with E-state index in [9.17, 15) is 14.4 Å². The third kappa shape index (κ3) is 6.59. The fourth-order valence-corrected chi connectivity index (χ4v) is 3.65. The number of carbonyl (C=O) groups excluding carboxylic acids is 2. The van der Waals surface area contributed by atoms with E-state index in [4.69, 9.17) is 21.3 Å². The van der Waals surface area contributed by atoms with Crippen LogP contribution in [0.4, 0.5) is 17.1 Å². The van der Waals surface area contributed by atoms with E-state index in [-0.39, 0.29) is 23.7 Å². The summed E-state index contributed by atoms with van der Waals surface area (Å²) in [6.45, 7) is 0.959. The highest BCUT2D eigenvalue weighted by Crippen LogP contribution is 2.27. The zero-order chi connectivity index (χ0) is 25.4. The maximum absolute atomic E-state index is 13.4. The van der Waals surface area contributed by atoms with Gasteiger partial charge in [0.1, 0.15) is 17.2 Å². The zero-order valence-corrected chi connectivity index (χ0v) is 19.5. The smallest absolute Gasteiger partial charge is 0.303 e. The zero-order valence-electron chi connectivity index (χ0n) is 19.5. The molecule has 0 spiro atoms. The Morgan fingerprint density at radius 3 is 2.37 bits per heavy atom. The van der Waals surface area contributed by atoms with Crippen molar-refractivity contribution >= 4 is 40.6 Å². The molecule has 6 N–H and O–H groups in total. The van der Waals surface area contributed by atoms with Crippen LogP contribution >= 0.6 is 0 Å². The van der Waals surface area contributed by atoms with Crippen molar-refractivity contribution in [2.75, 3.05) is 30.4 Å². The van der Waals surface area contributed by atoms with Crippen molar-refractivity contribution in [3.8, 4) is 5.75 Å². The number of aliphatic carboxylic acids is 1. The molecule has 0 atom stereocenters. The van der Waals surface area contributed by atoms with Crippen LogP contribution in [0.25, 0.3) is 0 Å². The Labute approximate surface area is 203 Å². The van der Waals surface area contributed by atoms with Gasteiger partial charge in [0.15, 0.2) is 0 Å². The second-order valence-corrected chi connectivity index (χ2v) is 7.95. The number of rotatable bonds is 10.